The first-order valence-electron chi connectivity index (χ1n) is 6.45. The van der Waals surface area contributed by atoms with E-state index in [0.717, 1.165) is 12.8 Å². The predicted octanol–water partition coefficient (Wildman–Crippen LogP) is 4.35. The SMILES string of the molecule is C#CC(CCC)NC(C)c1cc2ccccc2s1. The topological polar surface area (TPSA) is 12.0 Å². The van der Waals surface area contributed by atoms with E-state index in [4.69, 9.17) is 6.42 Å². The third kappa shape index (κ3) is 2.93. The Balaban J connectivity index is 2.13. The van der Waals surface area contributed by atoms with Gasteiger partial charge in [-0.05, 0) is 30.9 Å². The second kappa shape index (κ2) is 6.04. The molecule has 0 spiro atoms. The lowest BCUT2D eigenvalue weighted by Gasteiger charge is -2.17. The molecule has 1 aromatic carbocycles. The fourth-order valence-electron chi connectivity index (χ4n) is 2.10. The molecule has 2 atom stereocenters. The summed E-state index contributed by atoms with van der Waals surface area (Å²) >= 11 is 1.84. The van der Waals surface area contributed by atoms with Crippen molar-refractivity contribution in [3.63, 3.8) is 0 Å². The molecule has 1 nitrogen and oxygen atoms in total. The largest absolute Gasteiger partial charge is 0.296 e. The Labute approximate surface area is 113 Å². The van der Waals surface area contributed by atoms with Gasteiger partial charge in [-0.1, -0.05) is 37.5 Å². The lowest BCUT2D eigenvalue weighted by atomic mass is 10.1. The number of benzene rings is 1. The Bertz CT molecular complexity index is 516. The molecule has 0 aliphatic carbocycles. The maximum Gasteiger partial charge on any atom is 0.0691 e. The van der Waals surface area contributed by atoms with Crippen molar-refractivity contribution < 1.29 is 0 Å². The molecule has 0 saturated heterocycles. The monoisotopic (exact) mass is 257 g/mol. The molecule has 0 aliphatic heterocycles. The lowest BCUT2D eigenvalue weighted by molar-refractivity contribution is 0.500. The van der Waals surface area contributed by atoms with Crippen LogP contribution in [0.15, 0.2) is 30.3 Å². The number of thiophene rings is 1. The van der Waals surface area contributed by atoms with Crippen LogP contribution < -0.4 is 5.32 Å². The zero-order valence-corrected chi connectivity index (χ0v) is 11.8. The Kier molecular flexibility index (Phi) is 4.41. The van der Waals surface area contributed by atoms with Crippen LogP contribution in [0.5, 0.6) is 0 Å². The van der Waals surface area contributed by atoms with Gasteiger partial charge in [-0.25, -0.2) is 0 Å². The molecule has 1 N–H and O–H groups in total. The van der Waals surface area contributed by atoms with Gasteiger partial charge in [-0.2, -0.15) is 0 Å². The van der Waals surface area contributed by atoms with E-state index in [1.807, 2.05) is 11.3 Å². The summed E-state index contributed by atoms with van der Waals surface area (Å²) in [5.41, 5.74) is 0. The van der Waals surface area contributed by atoms with Crippen LogP contribution >= 0.6 is 11.3 Å². The molecule has 0 bridgehead atoms. The first-order valence-corrected chi connectivity index (χ1v) is 7.27. The van der Waals surface area contributed by atoms with Crippen molar-refractivity contribution >= 4 is 21.4 Å². The van der Waals surface area contributed by atoms with Crippen LogP contribution in [0.1, 0.15) is 37.6 Å². The summed E-state index contributed by atoms with van der Waals surface area (Å²) < 4.78 is 1.34. The van der Waals surface area contributed by atoms with Crippen LogP contribution in [0.2, 0.25) is 0 Å². The van der Waals surface area contributed by atoms with Crippen LogP contribution in [0.3, 0.4) is 0 Å². The Morgan fingerprint density at radius 3 is 2.83 bits per heavy atom. The molecule has 0 saturated carbocycles. The van der Waals surface area contributed by atoms with Crippen molar-refractivity contribution in [3.8, 4) is 12.3 Å². The van der Waals surface area contributed by atoms with Gasteiger partial charge in [0.2, 0.25) is 0 Å². The van der Waals surface area contributed by atoms with Crippen molar-refractivity contribution in [2.75, 3.05) is 0 Å². The van der Waals surface area contributed by atoms with Crippen molar-refractivity contribution in [1.29, 1.82) is 0 Å². The standard InChI is InChI=1S/C16H19NS/c1-4-8-14(5-2)17-12(3)16-11-13-9-6-7-10-15(13)18-16/h2,6-7,9-12,14,17H,4,8H2,1,3H3. The number of nitrogens with one attached hydrogen (secondary N) is 1. The van der Waals surface area contributed by atoms with Crippen molar-refractivity contribution in [3.05, 3.63) is 35.2 Å². The van der Waals surface area contributed by atoms with Gasteiger partial charge in [-0.3, -0.25) is 5.32 Å². The highest BCUT2D eigenvalue weighted by molar-refractivity contribution is 7.19. The second-order valence-corrected chi connectivity index (χ2v) is 5.70. The highest BCUT2D eigenvalue weighted by Crippen LogP contribution is 2.29. The van der Waals surface area contributed by atoms with Crippen LogP contribution in [-0.4, -0.2) is 6.04 Å². The van der Waals surface area contributed by atoms with Crippen LogP contribution in [0.25, 0.3) is 10.1 Å². The van der Waals surface area contributed by atoms with Gasteiger partial charge in [0.15, 0.2) is 0 Å². The minimum absolute atomic E-state index is 0.176. The fraction of sp³-hybridized carbons (Fsp3) is 0.375. The average Bonchev–Trinajstić information content (AvgIpc) is 2.82. The molecule has 1 heterocycles. The van der Waals surface area contributed by atoms with Gasteiger partial charge >= 0.3 is 0 Å². The lowest BCUT2D eigenvalue weighted by Crippen LogP contribution is -2.29. The van der Waals surface area contributed by atoms with Gasteiger partial charge in [0, 0.05) is 15.6 Å². The van der Waals surface area contributed by atoms with E-state index in [1.54, 1.807) is 0 Å². The molecule has 0 aliphatic rings. The Hall–Kier alpha value is -1.30. The Morgan fingerprint density at radius 1 is 1.39 bits per heavy atom. The first kappa shape index (κ1) is 13.1. The molecule has 2 aromatic rings. The minimum atomic E-state index is 0.176. The number of fused-ring (bicyclic) bond motifs is 1. The molecule has 94 valence electrons. The summed E-state index contributed by atoms with van der Waals surface area (Å²) in [6, 6.07) is 11.2. The normalized spacial score (nSPS) is 14.3. The van der Waals surface area contributed by atoms with E-state index in [-0.39, 0.29) is 6.04 Å². The molecule has 18 heavy (non-hydrogen) atoms. The number of hydrogen-bond acceptors (Lipinski definition) is 2. The zero-order valence-electron chi connectivity index (χ0n) is 10.9. The highest BCUT2D eigenvalue weighted by atomic mass is 32.1. The predicted molar refractivity (Wildman–Crippen MR) is 80.9 cm³/mol. The summed E-state index contributed by atoms with van der Waals surface area (Å²) in [4.78, 5) is 1.35. The summed E-state index contributed by atoms with van der Waals surface area (Å²) in [7, 11) is 0. The third-order valence-corrected chi connectivity index (χ3v) is 4.40. The van der Waals surface area contributed by atoms with Gasteiger partial charge in [0.25, 0.3) is 0 Å². The van der Waals surface area contributed by atoms with Gasteiger partial charge in [0.1, 0.15) is 0 Å². The van der Waals surface area contributed by atoms with Crippen LogP contribution in [0, 0.1) is 12.3 Å². The number of rotatable bonds is 5. The van der Waals surface area contributed by atoms with Gasteiger partial charge in [0.05, 0.1) is 6.04 Å². The van der Waals surface area contributed by atoms with E-state index < -0.39 is 0 Å². The molecule has 2 unspecified atom stereocenters. The molecule has 0 radical (unpaired) electrons. The number of terminal acetylenes is 1. The summed E-state index contributed by atoms with van der Waals surface area (Å²) in [6.07, 6.45) is 7.70. The third-order valence-electron chi connectivity index (χ3n) is 3.10. The van der Waals surface area contributed by atoms with Gasteiger partial charge in [-0.15, -0.1) is 17.8 Å². The van der Waals surface area contributed by atoms with Crippen LogP contribution in [-0.2, 0) is 0 Å². The molecule has 0 fully saturated rings. The number of hydrogen-bond donors (Lipinski definition) is 1. The van der Waals surface area contributed by atoms with E-state index >= 15 is 0 Å². The zero-order chi connectivity index (χ0) is 13.0. The summed E-state index contributed by atoms with van der Waals surface area (Å²) in [5, 5.41) is 4.84. The van der Waals surface area contributed by atoms with Crippen molar-refractivity contribution in [2.24, 2.45) is 0 Å². The summed E-state index contributed by atoms with van der Waals surface area (Å²) in [6.45, 7) is 4.35. The maximum absolute atomic E-state index is 5.55. The quantitative estimate of drug-likeness (QED) is 0.785. The summed E-state index contributed by atoms with van der Waals surface area (Å²) in [5.74, 6) is 2.83. The molecule has 2 rings (SSSR count). The molecular weight excluding hydrogens is 238 g/mol. The highest BCUT2D eigenvalue weighted by Gasteiger charge is 2.12. The van der Waals surface area contributed by atoms with Crippen molar-refractivity contribution in [1.82, 2.24) is 5.32 Å². The van der Waals surface area contributed by atoms with E-state index in [0.29, 0.717) is 6.04 Å². The van der Waals surface area contributed by atoms with Crippen molar-refractivity contribution in [2.45, 2.75) is 38.8 Å². The van der Waals surface area contributed by atoms with E-state index in [9.17, 15) is 0 Å². The Morgan fingerprint density at radius 2 is 2.17 bits per heavy atom. The molecule has 0 amide bonds. The first-order chi connectivity index (χ1) is 8.74. The molecule has 1 aromatic heterocycles. The van der Waals surface area contributed by atoms with E-state index in [1.165, 1.54) is 15.0 Å². The second-order valence-electron chi connectivity index (χ2n) is 4.58. The smallest absolute Gasteiger partial charge is 0.0691 e. The van der Waals surface area contributed by atoms with Crippen LogP contribution in [0.4, 0.5) is 0 Å². The average molecular weight is 257 g/mol. The maximum atomic E-state index is 5.55. The van der Waals surface area contributed by atoms with Gasteiger partial charge < -0.3 is 0 Å². The molecule has 2 heteroatoms. The minimum Gasteiger partial charge on any atom is -0.296 e. The van der Waals surface area contributed by atoms with E-state index in [2.05, 4.69) is 55.4 Å². The molecular formula is C16H19NS. The fourth-order valence-corrected chi connectivity index (χ4v) is 3.18.